The van der Waals surface area contributed by atoms with Crippen LogP contribution >= 0.6 is 11.3 Å². The molecule has 106 valence electrons. The summed E-state index contributed by atoms with van der Waals surface area (Å²) in [5.41, 5.74) is 0. The molecule has 1 aliphatic heterocycles. The Kier molecular flexibility index (Phi) is 4.21. The molecular formula is C16H20N2OS. The molecule has 20 heavy (non-hydrogen) atoms. The molecule has 2 aromatic heterocycles. The van der Waals surface area contributed by atoms with E-state index in [9.17, 15) is 4.79 Å². The number of aryl methyl sites for hydroxylation is 1. The summed E-state index contributed by atoms with van der Waals surface area (Å²) >= 11 is 1.74. The number of aromatic nitrogens is 1. The highest BCUT2D eigenvalue weighted by Gasteiger charge is 2.22. The van der Waals surface area contributed by atoms with Gasteiger partial charge in [-0.1, -0.05) is 6.07 Å². The van der Waals surface area contributed by atoms with Crippen LogP contribution in [0.3, 0.4) is 0 Å². The van der Waals surface area contributed by atoms with E-state index in [1.54, 1.807) is 11.3 Å². The molecule has 4 heteroatoms. The number of hydrogen-bond acceptors (Lipinski definition) is 2. The fourth-order valence-corrected chi connectivity index (χ4v) is 3.56. The molecular weight excluding hydrogens is 268 g/mol. The molecule has 1 amide bonds. The van der Waals surface area contributed by atoms with Crippen molar-refractivity contribution in [1.82, 2.24) is 9.47 Å². The lowest BCUT2D eigenvalue weighted by Gasteiger charge is -2.32. The summed E-state index contributed by atoms with van der Waals surface area (Å²) in [5, 5.41) is 2.07. The van der Waals surface area contributed by atoms with Crippen LogP contribution < -0.4 is 0 Å². The second-order valence-electron chi connectivity index (χ2n) is 5.32. The highest BCUT2D eigenvalue weighted by molar-refractivity contribution is 7.09. The van der Waals surface area contributed by atoms with E-state index >= 15 is 0 Å². The number of carbonyl (C=O) groups is 1. The Morgan fingerprint density at radius 3 is 2.60 bits per heavy atom. The lowest BCUT2D eigenvalue weighted by molar-refractivity contribution is -0.132. The number of rotatable bonds is 4. The first-order chi connectivity index (χ1) is 9.83. The van der Waals surface area contributed by atoms with E-state index in [4.69, 9.17) is 0 Å². The number of carbonyl (C=O) groups excluding carboxylic acids is 1. The van der Waals surface area contributed by atoms with E-state index in [0.29, 0.717) is 18.4 Å². The molecule has 0 spiro atoms. The molecule has 2 aromatic rings. The van der Waals surface area contributed by atoms with E-state index in [2.05, 4.69) is 40.5 Å². The minimum Gasteiger partial charge on any atom is -0.351 e. The van der Waals surface area contributed by atoms with Crippen LogP contribution in [0.4, 0.5) is 0 Å². The van der Waals surface area contributed by atoms with E-state index in [1.165, 1.54) is 4.88 Å². The van der Waals surface area contributed by atoms with Crippen LogP contribution in [0.1, 0.15) is 30.2 Å². The SMILES string of the molecule is O=C(CCc1cccs1)N1CCC(n2cccc2)CC1. The monoisotopic (exact) mass is 288 g/mol. The maximum Gasteiger partial charge on any atom is 0.222 e. The smallest absolute Gasteiger partial charge is 0.222 e. The third-order valence-corrected chi connectivity index (χ3v) is 4.97. The number of piperidine rings is 1. The van der Waals surface area contributed by atoms with Crippen molar-refractivity contribution in [2.45, 2.75) is 31.7 Å². The normalized spacial score (nSPS) is 16.5. The van der Waals surface area contributed by atoms with Gasteiger partial charge in [0, 0.05) is 42.8 Å². The molecule has 1 aliphatic rings. The van der Waals surface area contributed by atoms with Crippen LogP contribution in [-0.4, -0.2) is 28.5 Å². The van der Waals surface area contributed by atoms with Crippen molar-refractivity contribution in [1.29, 1.82) is 0 Å². The Morgan fingerprint density at radius 2 is 1.95 bits per heavy atom. The van der Waals surface area contributed by atoms with Gasteiger partial charge in [0.1, 0.15) is 0 Å². The first kappa shape index (κ1) is 13.4. The molecule has 0 unspecified atom stereocenters. The van der Waals surface area contributed by atoms with Gasteiger partial charge in [0.15, 0.2) is 0 Å². The summed E-state index contributed by atoms with van der Waals surface area (Å²) in [6.45, 7) is 1.79. The second-order valence-corrected chi connectivity index (χ2v) is 6.35. The van der Waals surface area contributed by atoms with Gasteiger partial charge in [0.05, 0.1) is 0 Å². The van der Waals surface area contributed by atoms with Gasteiger partial charge in [-0.05, 0) is 42.8 Å². The third-order valence-electron chi connectivity index (χ3n) is 4.03. The zero-order valence-corrected chi connectivity index (χ0v) is 12.4. The largest absolute Gasteiger partial charge is 0.351 e. The van der Waals surface area contributed by atoms with Crippen LogP contribution in [0.5, 0.6) is 0 Å². The summed E-state index contributed by atoms with van der Waals surface area (Å²) < 4.78 is 2.27. The highest BCUT2D eigenvalue weighted by Crippen LogP contribution is 2.23. The van der Waals surface area contributed by atoms with Gasteiger partial charge in [-0.15, -0.1) is 11.3 Å². The summed E-state index contributed by atoms with van der Waals surface area (Å²) in [5.74, 6) is 0.310. The molecule has 0 aromatic carbocycles. The summed E-state index contributed by atoms with van der Waals surface area (Å²) in [6, 6.07) is 8.85. The molecule has 0 atom stereocenters. The van der Waals surface area contributed by atoms with Crippen molar-refractivity contribution < 1.29 is 4.79 Å². The van der Waals surface area contributed by atoms with Crippen LogP contribution in [-0.2, 0) is 11.2 Å². The van der Waals surface area contributed by atoms with Gasteiger partial charge in [-0.25, -0.2) is 0 Å². The predicted molar refractivity (Wildman–Crippen MR) is 81.9 cm³/mol. The minimum atomic E-state index is 0.310. The first-order valence-electron chi connectivity index (χ1n) is 7.25. The van der Waals surface area contributed by atoms with E-state index in [-0.39, 0.29) is 0 Å². The van der Waals surface area contributed by atoms with Crippen LogP contribution in [0.15, 0.2) is 42.0 Å². The van der Waals surface area contributed by atoms with E-state index in [0.717, 1.165) is 32.4 Å². The average molecular weight is 288 g/mol. The number of nitrogens with zero attached hydrogens (tertiary/aromatic N) is 2. The molecule has 3 rings (SSSR count). The van der Waals surface area contributed by atoms with Gasteiger partial charge in [-0.3, -0.25) is 4.79 Å². The molecule has 3 heterocycles. The quantitative estimate of drug-likeness (QED) is 0.847. The zero-order chi connectivity index (χ0) is 13.8. The Morgan fingerprint density at radius 1 is 1.20 bits per heavy atom. The molecule has 3 nitrogen and oxygen atoms in total. The third kappa shape index (κ3) is 3.12. The van der Waals surface area contributed by atoms with Crippen molar-refractivity contribution in [2.75, 3.05) is 13.1 Å². The average Bonchev–Trinajstić information content (AvgIpc) is 3.18. The van der Waals surface area contributed by atoms with Crippen molar-refractivity contribution in [3.63, 3.8) is 0 Å². The lowest BCUT2D eigenvalue weighted by Crippen LogP contribution is -2.39. The van der Waals surface area contributed by atoms with Crippen molar-refractivity contribution >= 4 is 17.2 Å². The van der Waals surface area contributed by atoms with Crippen molar-refractivity contribution in [2.24, 2.45) is 0 Å². The Bertz CT molecular complexity index is 525. The number of hydrogen-bond donors (Lipinski definition) is 0. The number of amides is 1. The Hall–Kier alpha value is -1.55. The fraction of sp³-hybridized carbons (Fsp3) is 0.438. The molecule has 0 N–H and O–H groups in total. The maximum atomic E-state index is 12.2. The standard InChI is InChI=1S/C16H20N2OS/c19-16(6-5-15-4-3-13-20-15)18-11-7-14(8-12-18)17-9-1-2-10-17/h1-4,9-10,13-14H,5-8,11-12H2. The molecule has 0 bridgehead atoms. The molecule has 0 aliphatic carbocycles. The molecule has 1 fully saturated rings. The molecule has 1 saturated heterocycles. The van der Waals surface area contributed by atoms with Gasteiger partial charge in [0.2, 0.25) is 5.91 Å². The molecule has 0 radical (unpaired) electrons. The topological polar surface area (TPSA) is 25.2 Å². The highest BCUT2D eigenvalue weighted by atomic mass is 32.1. The summed E-state index contributed by atoms with van der Waals surface area (Å²) in [6.07, 6.45) is 7.92. The van der Waals surface area contributed by atoms with Crippen LogP contribution in [0.25, 0.3) is 0 Å². The number of thiophene rings is 1. The van der Waals surface area contributed by atoms with Gasteiger partial charge in [-0.2, -0.15) is 0 Å². The number of likely N-dealkylation sites (tertiary alicyclic amines) is 1. The van der Waals surface area contributed by atoms with Gasteiger partial charge >= 0.3 is 0 Å². The Balaban J connectivity index is 1.46. The van der Waals surface area contributed by atoms with Crippen molar-refractivity contribution in [3.05, 3.63) is 46.9 Å². The fourth-order valence-electron chi connectivity index (χ4n) is 2.85. The summed E-state index contributed by atoms with van der Waals surface area (Å²) in [4.78, 5) is 15.6. The van der Waals surface area contributed by atoms with Crippen LogP contribution in [0, 0.1) is 0 Å². The van der Waals surface area contributed by atoms with E-state index < -0.39 is 0 Å². The van der Waals surface area contributed by atoms with Crippen LogP contribution in [0.2, 0.25) is 0 Å². The molecule has 0 saturated carbocycles. The van der Waals surface area contributed by atoms with Gasteiger partial charge in [0.25, 0.3) is 0 Å². The van der Waals surface area contributed by atoms with Gasteiger partial charge < -0.3 is 9.47 Å². The second kappa shape index (κ2) is 6.27. The van der Waals surface area contributed by atoms with Crippen molar-refractivity contribution in [3.8, 4) is 0 Å². The Labute approximate surface area is 123 Å². The van der Waals surface area contributed by atoms with E-state index in [1.807, 2.05) is 11.0 Å². The minimum absolute atomic E-state index is 0.310. The predicted octanol–water partition coefficient (Wildman–Crippen LogP) is 3.35. The summed E-state index contributed by atoms with van der Waals surface area (Å²) in [7, 11) is 0. The first-order valence-corrected chi connectivity index (χ1v) is 8.13. The lowest BCUT2D eigenvalue weighted by atomic mass is 10.0. The zero-order valence-electron chi connectivity index (χ0n) is 11.6. The maximum absolute atomic E-state index is 12.2.